The molecule has 0 aliphatic rings. The van der Waals surface area contributed by atoms with E-state index in [2.05, 4.69) is 9.97 Å². The van der Waals surface area contributed by atoms with Crippen molar-refractivity contribution in [1.29, 1.82) is 0 Å². The minimum absolute atomic E-state index is 0.0128. The fourth-order valence-electron chi connectivity index (χ4n) is 1.40. The summed E-state index contributed by atoms with van der Waals surface area (Å²) in [7, 11) is 1.63. The molecule has 0 fully saturated rings. The maximum atomic E-state index is 8.84. The van der Waals surface area contributed by atoms with Gasteiger partial charge in [0.2, 0.25) is 0 Å². The summed E-state index contributed by atoms with van der Waals surface area (Å²) in [6.07, 6.45) is 0. The third-order valence-corrected chi connectivity index (χ3v) is 3.40. The number of imidazole rings is 1. The van der Waals surface area contributed by atoms with E-state index in [1.807, 2.05) is 18.2 Å². The number of methoxy groups -OCH3 is 1. The van der Waals surface area contributed by atoms with Gasteiger partial charge in [-0.1, -0.05) is 11.8 Å². The van der Waals surface area contributed by atoms with Gasteiger partial charge in [-0.05, 0) is 12.1 Å². The Morgan fingerprint density at radius 2 is 2.41 bits per heavy atom. The van der Waals surface area contributed by atoms with Gasteiger partial charge in [0.1, 0.15) is 5.75 Å². The molecule has 1 unspecified atom stereocenters. The number of benzene rings is 1. The quantitative estimate of drug-likeness (QED) is 0.692. The van der Waals surface area contributed by atoms with Crippen LogP contribution in [0.1, 0.15) is 0 Å². The Hall–Kier alpha value is -1.24. The van der Waals surface area contributed by atoms with E-state index < -0.39 is 0 Å². The van der Waals surface area contributed by atoms with Crippen LogP contribution >= 0.6 is 11.8 Å². The average molecular weight is 253 g/mol. The number of aromatic amines is 1. The van der Waals surface area contributed by atoms with Crippen LogP contribution in [0.5, 0.6) is 5.75 Å². The Labute approximate surface area is 103 Å². The van der Waals surface area contributed by atoms with Crippen LogP contribution in [0.4, 0.5) is 0 Å². The van der Waals surface area contributed by atoms with Crippen LogP contribution in [0.25, 0.3) is 11.0 Å². The number of fused-ring (bicyclic) bond motifs is 1. The van der Waals surface area contributed by atoms with E-state index in [-0.39, 0.29) is 12.6 Å². The summed E-state index contributed by atoms with van der Waals surface area (Å²) >= 11 is 1.50. The Kier molecular flexibility index (Phi) is 3.88. The van der Waals surface area contributed by atoms with E-state index in [1.54, 1.807) is 7.11 Å². The van der Waals surface area contributed by atoms with E-state index in [4.69, 9.17) is 15.6 Å². The smallest absolute Gasteiger partial charge is 0.166 e. The predicted octanol–water partition coefficient (Wildman–Crippen LogP) is 0.983. The SMILES string of the molecule is COc1ccc2nc(SCC(N)CO)[nH]c2c1. The first-order chi connectivity index (χ1) is 8.22. The van der Waals surface area contributed by atoms with Crippen molar-refractivity contribution in [2.45, 2.75) is 11.2 Å². The molecule has 1 atom stereocenters. The highest BCUT2D eigenvalue weighted by Gasteiger charge is 2.07. The van der Waals surface area contributed by atoms with Crippen molar-refractivity contribution in [2.75, 3.05) is 19.5 Å². The van der Waals surface area contributed by atoms with Gasteiger partial charge in [-0.3, -0.25) is 0 Å². The summed E-state index contributed by atoms with van der Waals surface area (Å²) < 4.78 is 5.14. The molecule has 0 saturated heterocycles. The van der Waals surface area contributed by atoms with Crippen LogP contribution in [-0.2, 0) is 0 Å². The number of hydrogen-bond donors (Lipinski definition) is 3. The topological polar surface area (TPSA) is 84.2 Å². The lowest BCUT2D eigenvalue weighted by atomic mass is 10.3. The van der Waals surface area contributed by atoms with Crippen molar-refractivity contribution in [3.8, 4) is 5.75 Å². The molecule has 92 valence electrons. The molecule has 2 aromatic rings. The number of nitrogens with two attached hydrogens (primary N) is 1. The Morgan fingerprint density at radius 1 is 1.59 bits per heavy atom. The third-order valence-electron chi connectivity index (χ3n) is 2.34. The lowest BCUT2D eigenvalue weighted by molar-refractivity contribution is 0.275. The van der Waals surface area contributed by atoms with Crippen molar-refractivity contribution in [3.63, 3.8) is 0 Å². The highest BCUT2D eigenvalue weighted by Crippen LogP contribution is 2.23. The second-order valence-corrected chi connectivity index (χ2v) is 4.69. The molecule has 5 nitrogen and oxygen atoms in total. The van der Waals surface area contributed by atoms with Gasteiger partial charge in [0.25, 0.3) is 0 Å². The summed E-state index contributed by atoms with van der Waals surface area (Å²) in [5.74, 6) is 1.43. The van der Waals surface area contributed by atoms with Crippen LogP contribution in [0.15, 0.2) is 23.4 Å². The van der Waals surface area contributed by atoms with Gasteiger partial charge >= 0.3 is 0 Å². The number of nitrogens with one attached hydrogen (secondary N) is 1. The summed E-state index contributed by atoms with van der Waals surface area (Å²) in [6.45, 7) is -0.0128. The Bertz CT molecular complexity index is 500. The molecule has 0 saturated carbocycles. The molecule has 1 heterocycles. The number of hydrogen-bond acceptors (Lipinski definition) is 5. The van der Waals surface area contributed by atoms with Gasteiger partial charge in [0.15, 0.2) is 5.16 Å². The van der Waals surface area contributed by atoms with Crippen molar-refractivity contribution >= 4 is 22.8 Å². The molecule has 0 amide bonds. The second-order valence-electron chi connectivity index (χ2n) is 3.68. The molecular weight excluding hydrogens is 238 g/mol. The summed E-state index contributed by atoms with van der Waals surface area (Å²) in [5, 5.41) is 9.64. The lowest BCUT2D eigenvalue weighted by Crippen LogP contribution is -2.26. The molecule has 6 heteroatoms. The van der Waals surface area contributed by atoms with Crippen LogP contribution in [-0.4, -0.2) is 40.6 Å². The van der Waals surface area contributed by atoms with Gasteiger partial charge in [-0.15, -0.1) is 0 Å². The molecule has 1 aromatic heterocycles. The molecule has 2 rings (SSSR count). The Morgan fingerprint density at radius 3 is 3.12 bits per heavy atom. The summed E-state index contributed by atoms with van der Waals surface area (Å²) in [6, 6.07) is 5.46. The van der Waals surface area contributed by atoms with Crippen molar-refractivity contribution in [1.82, 2.24) is 9.97 Å². The zero-order chi connectivity index (χ0) is 12.3. The van der Waals surface area contributed by atoms with Gasteiger partial charge in [0.05, 0.1) is 24.8 Å². The van der Waals surface area contributed by atoms with Crippen LogP contribution in [0.2, 0.25) is 0 Å². The first-order valence-corrected chi connectivity index (χ1v) is 6.24. The number of aliphatic hydroxyl groups excluding tert-OH is 1. The monoisotopic (exact) mass is 253 g/mol. The molecular formula is C11H15N3O2S. The normalized spacial score (nSPS) is 12.9. The largest absolute Gasteiger partial charge is 0.497 e. The lowest BCUT2D eigenvalue weighted by Gasteiger charge is -2.04. The molecule has 0 aliphatic carbocycles. The van der Waals surface area contributed by atoms with Gasteiger partial charge in [-0.25, -0.2) is 4.98 Å². The third kappa shape index (κ3) is 2.91. The minimum atomic E-state index is -0.220. The second kappa shape index (κ2) is 5.39. The number of rotatable bonds is 5. The molecule has 0 bridgehead atoms. The first kappa shape index (κ1) is 12.2. The van der Waals surface area contributed by atoms with Crippen molar-refractivity contribution in [3.05, 3.63) is 18.2 Å². The highest BCUT2D eigenvalue weighted by atomic mass is 32.2. The summed E-state index contributed by atoms with van der Waals surface area (Å²) in [4.78, 5) is 7.59. The van der Waals surface area contributed by atoms with Crippen LogP contribution < -0.4 is 10.5 Å². The molecule has 0 radical (unpaired) electrons. The first-order valence-electron chi connectivity index (χ1n) is 5.26. The van der Waals surface area contributed by atoms with E-state index in [0.717, 1.165) is 21.9 Å². The van der Waals surface area contributed by atoms with Crippen molar-refractivity contribution < 1.29 is 9.84 Å². The summed E-state index contributed by atoms with van der Waals surface area (Å²) in [5.41, 5.74) is 7.46. The average Bonchev–Trinajstić information content (AvgIpc) is 2.77. The van der Waals surface area contributed by atoms with E-state index >= 15 is 0 Å². The zero-order valence-corrected chi connectivity index (χ0v) is 10.3. The zero-order valence-electron chi connectivity index (χ0n) is 9.51. The number of nitrogens with zero attached hydrogens (tertiary/aromatic N) is 1. The van der Waals surface area contributed by atoms with Crippen LogP contribution in [0.3, 0.4) is 0 Å². The molecule has 4 N–H and O–H groups in total. The highest BCUT2D eigenvalue weighted by molar-refractivity contribution is 7.99. The van der Waals surface area contributed by atoms with Gasteiger partial charge in [-0.2, -0.15) is 0 Å². The number of thioether (sulfide) groups is 1. The molecule has 1 aromatic carbocycles. The predicted molar refractivity (Wildman–Crippen MR) is 68.4 cm³/mol. The van der Waals surface area contributed by atoms with Gasteiger partial charge < -0.3 is 20.6 Å². The van der Waals surface area contributed by atoms with E-state index in [9.17, 15) is 0 Å². The fraction of sp³-hybridized carbons (Fsp3) is 0.364. The number of ether oxygens (including phenoxy) is 1. The van der Waals surface area contributed by atoms with E-state index in [0.29, 0.717) is 5.75 Å². The molecule has 17 heavy (non-hydrogen) atoms. The maximum absolute atomic E-state index is 8.84. The van der Waals surface area contributed by atoms with Crippen molar-refractivity contribution in [2.24, 2.45) is 5.73 Å². The van der Waals surface area contributed by atoms with Gasteiger partial charge in [0, 0.05) is 17.9 Å². The minimum Gasteiger partial charge on any atom is -0.497 e. The maximum Gasteiger partial charge on any atom is 0.166 e. The molecule has 0 spiro atoms. The van der Waals surface area contributed by atoms with Crippen LogP contribution in [0, 0.1) is 0 Å². The fourth-order valence-corrected chi connectivity index (χ4v) is 2.22. The Balaban J connectivity index is 2.14. The standard InChI is InChI=1S/C11H15N3O2S/c1-16-8-2-3-9-10(4-8)14-11(13-9)17-6-7(12)5-15/h2-4,7,15H,5-6,12H2,1H3,(H,13,14). The number of aliphatic hydroxyl groups is 1. The number of aromatic nitrogens is 2. The van der Waals surface area contributed by atoms with E-state index in [1.165, 1.54) is 11.8 Å². The molecule has 0 aliphatic heterocycles. The number of H-pyrrole nitrogens is 1.